The second-order valence-electron chi connectivity index (χ2n) is 18.1. The predicted molar refractivity (Wildman–Crippen MR) is 244 cm³/mol. The number of ether oxygens (including phenoxy) is 3. The zero-order valence-electron chi connectivity index (χ0n) is 37.5. The quantitative estimate of drug-likeness (QED) is 0.155. The Hall–Kier alpha value is -5.69. The van der Waals surface area contributed by atoms with Crippen molar-refractivity contribution in [2.75, 3.05) is 57.2 Å². The minimum Gasteiger partial charge on any atom is -0.478 e. The molecule has 1 saturated carbocycles. The van der Waals surface area contributed by atoms with Crippen LogP contribution >= 0.6 is 11.6 Å². The lowest BCUT2D eigenvalue weighted by Gasteiger charge is -2.48. The van der Waals surface area contributed by atoms with Gasteiger partial charge in [0.15, 0.2) is 18.2 Å². The maximum absolute atomic E-state index is 16.3. The molecule has 6 heterocycles. The first-order valence-corrected chi connectivity index (χ1v) is 23.1. The van der Waals surface area contributed by atoms with E-state index < -0.39 is 23.7 Å². The van der Waals surface area contributed by atoms with Crippen LogP contribution in [0, 0.1) is 5.82 Å². The van der Waals surface area contributed by atoms with Crippen LogP contribution in [-0.2, 0) is 30.4 Å². The van der Waals surface area contributed by atoms with Crippen LogP contribution in [0.2, 0.25) is 5.02 Å². The number of carbonyl (C=O) groups excluding carboxylic acids is 4. The smallest absolute Gasteiger partial charge is 0.293 e. The number of piperidine rings is 3. The van der Waals surface area contributed by atoms with E-state index in [-0.39, 0.29) is 85.0 Å². The van der Waals surface area contributed by atoms with Gasteiger partial charge in [0, 0.05) is 80.4 Å². The lowest BCUT2D eigenvalue weighted by molar-refractivity contribution is -0.137. The standard InChI is InChI=1S/C47H55ClFN9O8/c1-25(2)58-36-8-5-27(17-26(36)18-38(46(58)63)65-24-41(60)50-3)52-43-35(48)21-51-47(54-43)55-14-11-29(12-15-55)66-30-19-28(20-30)56-16-13-31(39(23-56)64-4)32-6-7-33-34(42(32)49)22-57(45(33)62)37-9-10-40(59)53-44(37)61/h5-8,17-18,21,25,28-31,37,39H,9-16,19-20,22-24H2,1-4H3,(H,50,60)(H,51,52,54)(H,53,59,61)/t28?,30?,31-,37-,39-/m1/s1. The molecular weight excluding hydrogens is 873 g/mol. The van der Waals surface area contributed by atoms with Gasteiger partial charge in [-0.3, -0.25) is 34.2 Å². The van der Waals surface area contributed by atoms with E-state index in [1.54, 1.807) is 36.1 Å². The number of hydrogen-bond donors (Lipinski definition) is 3. The van der Waals surface area contributed by atoms with Crippen molar-refractivity contribution in [3.8, 4) is 5.75 Å². The molecule has 0 spiro atoms. The Labute approximate surface area is 386 Å². The highest BCUT2D eigenvalue weighted by atomic mass is 35.5. The number of anilines is 3. The van der Waals surface area contributed by atoms with Crippen molar-refractivity contribution >= 4 is 63.6 Å². The number of benzene rings is 2. The van der Waals surface area contributed by atoms with Crippen LogP contribution in [-0.4, -0.2) is 125 Å². The van der Waals surface area contributed by atoms with Gasteiger partial charge in [-0.2, -0.15) is 4.98 Å². The van der Waals surface area contributed by atoms with E-state index in [9.17, 15) is 24.0 Å². The number of nitrogens with zero attached hydrogens (tertiary/aromatic N) is 6. The Bertz CT molecular complexity index is 2620. The van der Waals surface area contributed by atoms with Crippen LogP contribution in [0.15, 0.2) is 47.4 Å². The largest absolute Gasteiger partial charge is 0.478 e. The number of aromatic nitrogens is 3. The summed E-state index contributed by atoms with van der Waals surface area (Å²) in [5.41, 5.74) is 2.20. The number of halogens is 2. The number of amides is 4. The van der Waals surface area contributed by atoms with Gasteiger partial charge in [0.1, 0.15) is 16.9 Å². The van der Waals surface area contributed by atoms with Crippen molar-refractivity contribution in [3.05, 3.63) is 80.5 Å². The summed E-state index contributed by atoms with van der Waals surface area (Å²) < 4.78 is 36.1. The Morgan fingerprint density at radius 1 is 1.02 bits per heavy atom. The van der Waals surface area contributed by atoms with E-state index in [1.165, 1.54) is 11.9 Å². The first-order chi connectivity index (χ1) is 31.8. The average molecular weight is 928 g/mol. The maximum Gasteiger partial charge on any atom is 0.293 e. The van der Waals surface area contributed by atoms with Crippen molar-refractivity contribution in [3.63, 3.8) is 0 Å². The molecule has 3 N–H and O–H groups in total. The van der Waals surface area contributed by atoms with Crippen molar-refractivity contribution < 1.29 is 37.8 Å². The van der Waals surface area contributed by atoms with Crippen LogP contribution in [0.4, 0.5) is 21.8 Å². The minimum atomic E-state index is -0.800. The summed E-state index contributed by atoms with van der Waals surface area (Å²) in [7, 11) is 3.17. The number of methoxy groups -OCH3 is 1. The second-order valence-corrected chi connectivity index (χ2v) is 18.5. The summed E-state index contributed by atoms with van der Waals surface area (Å²) in [6, 6.07) is 10.0. The molecule has 66 heavy (non-hydrogen) atoms. The number of fused-ring (bicyclic) bond motifs is 2. The number of imide groups is 1. The molecule has 9 rings (SSSR count). The van der Waals surface area contributed by atoms with E-state index in [0.717, 1.165) is 56.2 Å². The highest BCUT2D eigenvalue weighted by molar-refractivity contribution is 6.33. The molecule has 5 aliphatic rings. The van der Waals surface area contributed by atoms with E-state index in [0.29, 0.717) is 52.6 Å². The molecular formula is C47H55ClFN9O8. The van der Waals surface area contributed by atoms with E-state index in [4.69, 9.17) is 30.8 Å². The molecule has 2 aromatic carbocycles. The Kier molecular flexibility index (Phi) is 13.0. The highest BCUT2D eigenvalue weighted by Crippen LogP contribution is 2.40. The summed E-state index contributed by atoms with van der Waals surface area (Å²) in [6.07, 6.45) is 6.15. The molecule has 0 unspecified atom stereocenters. The third-order valence-corrected chi connectivity index (χ3v) is 14.1. The summed E-state index contributed by atoms with van der Waals surface area (Å²) in [5.74, 6) is -1.13. The van der Waals surface area contributed by atoms with Crippen molar-refractivity contribution in [1.29, 1.82) is 0 Å². The van der Waals surface area contributed by atoms with Crippen molar-refractivity contribution in [2.45, 2.75) is 108 Å². The summed E-state index contributed by atoms with van der Waals surface area (Å²) >= 11 is 6.60. The molecule has 2 aromatic heterocycles. The molecule has 0 bridgehead atoms. The van der Waals surface area contributed by atoms with Gasteiger partial charge in [-0.05, 0) is 94.8 Å². The number of nitrogens with one attached hydrogen (secondary N) is 3. The molecule has 3 saturated heterocycles. The lowest BCUT2D eigenvalue weighted by atomic mass is 9.81. The fourth-order valence-electron chi connectivity index (χ4n) is 10.2. The Balaban J connectivity index is 0.765. The second kappa shape index (κ2) is 18.9. The summed E-state index contributed by atoms with van der Waals surface area (Å²) in [5, 5.41) is 9.21. The van der Waals surface area contributed by atoms with E-state index >= 15 is 4.39 Å². The summed E-state index contributed by atoms with van der Waals surface area (Å²) in [6.45, 7) is 6.42. The van der Waals surface area contributed by atoms with E-state index in [1.807, 2.05) is 32.0 Å². The predicted octanol–water partition coefficient (Wildman–Crippen LogP) is 4.82. The topological polar surface area (TPSA) is 190 Å². The first-order valence-electron chi connectivity index (χ1n) is 22.8. The number of likely N-dealkylation sites (N-methyl/N-ethyl adjacent to an activating group) is 1. The molecule has 4 aliphatic heterocycles. The molecule has 4 aromatic rings. The van der Waals surface area contributed by atoms with E-state index in [2.05, 4.69) is 30.7 Å². The van der Waals surface area contributed by atoms with Gasteiger partial charge in [-0.25, -0.2) is 9.37 Å². The van der Waals surface area contributed by atoms with Gasteiger partial charge in [-0.15, -0.1) is 0 Å². The van der Waals surface area contributed by atoms with Crippen LogP contribution in [0.3, 0.4) is 0 Å². The Morgan fingerprint density at radius 2 is 1.80 bits per heavy atom. The van der Waals surface area contributed by atoms with Crippen LogP contribution in [0.1, 0.15) is 92.2 Å². The zero-order valence-corrected chi connectivity index (χ0v) is 38.2. The molecule has 19 heteroatoms. The van der Waals surface area contributed by atoms with Gasteiger partial charge in [0.2, 0.25) is 17.8 Å². The molecule has 4 amide bonds. The van der Waals surface area contributed by atoms with Crippen molar-refractivity contribution in [1.82, 2.24) is 35.0 Å². The minimum absolute atomic E-state index is 0.00605. The highest BCUT2D eigenvalue weighted by Gasteiger charge is 2.44. The summed E-state index contributed by atoms with van der Waals surface area (Å²) in [4.78, 5) is 77.9. The van der Waals surface area contributed by atoms with Crippen LogP contribution in [0.25, 0.3) is 10.9 Å². The third-order valence-electron chi connectivity index (χ3n) is 13.8. The van der Waals surface area contributed by atoms with Gasteiger partial charge in [0.05, 0.1) is 36.6 Å². The van der Waals surface area contributed by atoms with Crippen LogP contribution < -0.4 is 31.1 Å². The zero-order chi connectivity index (χ0) is 46.4. The van der Waals surface area contributed by atoms with Crippen LogP contribution in [0.5, 0.6) is 5.75 Å². The number of likely N-dealkylation sites (tertiary alicyclic amines) is 1. The molecule has 17 nitrogen and oxygen atoms in total. The lowest BCUT2D eigenvalue weighted by Crippen LogP contribution is -2.55. The Morgan fingerprint density at radius 3 is 2.53 bits per heavy atom. The fraction of sp³-hybridized carbons (Fsp3) is 0.511. The third kappa shape index (κ3) is 8.95. The first kappa shape index (κ1) is 45.5. The van der Waals surface area contributed by atoms with Gasteiger partial charge in [0.25, 0.3) is 17.4 Å². The monoisotopic (exact) mass is 927 g/mol. The number of rotatable bonds is 13. The number of carbonyl (C=O) groups is 4. The molecule has 3 atom stereocenters. The van der Waals surface area contributed by atoms with Gasteiger partial charge >= 0.3 is 0 Å². The van der Waals surface area contributed by atoms with Gasteiger partial charge < -0.3 is 39.2 Å². The fourth-order valence-corrected chi connectivity index (χ4v) is 10.3. The number of pyridine rings is 1. The van der Waals surface area contributed by atoms with Crippen molar-refractivity contribution in [2.24, 2.45) is 0 Å². The molecule has 4 fully saturated rings. The molecule has 0 radical (unpaired) electrons. The average Bonchev–Trinajstić information content (AvgIpc) is 3.63. The molecule has 1 aliphatic carbocycles. The number of hydrogen-bond acceptors (Lipinski definition) is 13. The molecule has 350 valence electrons. The van der Waals surface area contributed by atoms with Gasteiger partial charge in [-0.1, -0.05) is 17.7 Å². The normalized spacial score (nSPS) is 23.8. The maximum atomic E-state index is 16.3. The SMILES string of the molecule is CNC(=O)COc1cc2cc(Nc3nc(N4CCC(OC5CC(N6CC[C@H](c7ccc8c(c7F)CN([C@@H]7CCC(=O)NC7=O)C8=O)[C@H](OC)C6)C5)CC4)ncc3Cl)ccc2n(C(C)C)c1=O.